The SMILES string of the molecule is CSC1=NC2=C(C(=O)CCC2)[C@@H](c2ccccc2C)C1C#N. The fourth-order valence-electron chi connectivity index (χ4n) is 3.40. The van der Waals surface area contributed by atoms with Crippen molar-refractivity contribution >= 4 is 22.6 Å². The molecule has 2 aliphatic rings. The number of carbonyl (C=O) groups is 1. The van der Waals surface area contributed by atoms with Crippen LogP contribution in [0.4, 0.5) is 0 Å². The summed E-state index contributed by atoms with van der Waals surface area (Å²) in [6.07, 6.45) is 4.23. The summed E-state index contributed by atoms with van der Waals surface area (Å²) in [4.78, 5) is 17.2. The molecule has 0 spiro atoms. The van der Waals surface area contributed by atoms with Crippen molar-refractivity contribution in [1.82, 2.24) is 0 Å². The molecule has 0 saturated carbocycles. The zero-order valence-corrected chi connectivity index (χ0v) is 13.6. The molecule has 112 valence electrons. The van der Waals surface area contributed by atoms with Gasteiger partial charge < -0.3 is 0 Å². The monoisotopic (exact) mass is 310 g/mol. The number of ketones is 1. The molecule has 0 bridgehead atoms. The van der Waals surface area contributed by atoms with Crippen molar-refractivity contribution in [2.75, 3.05) is 6.26 Å². The van der Waals surface area contributed by atoms with Crippen LogP contribution in [0.25, 0.3) is 0 Å². The lowest BCUT2D eigenvalue weighted by Crippen LogP contribution is -2.31. The molecule has 0 fully saturated rings. The van der Waals surface area contributed by atoms with Gasteiger partial charge in [0.15, 0.2) is 5.78 Å². The average Bonchev–Trinajstić information content (AvgIpc) is 2.54. The minimum Gasteiger partial charge on any atom is -0.294 e. The Hall–Kier alpha value is -1.86. The number of hydrogen-bond acceptors (Lipinski definition) is 4. The maximum Gasteiger partial charge on any atom is 0.161 e. The number of allylic oxidation sites excluding steroid dienone is 2. The lowest BCUT2D eigenvalue weighted by molar-refractivity contribution is -0.116. The van der Waals surface area contributed by atoms with E-state index in [1.54, 1.807) is 0 Å². The number of Topliss-reactive ketones (excluding diaryl/α,β-unsaturated/α-hetero) is 1. The summed E-state index contributed by atoms with van der Waals surface area (Å²) in [7, 11) is 0. The molecule has 1 unspecified atom stereocenters. The molecule has 2 atom stereocenters. The maximum atomic E-state index is 12.5. The summed E-state index contributed by atoms with van der Waals surface area (Å²) in [5, 5.41) is 10.6. The summed E-state index contributed by atoms with van der Waals surface area (Å²) in [6.45, 7) is 2.04. The highest BCUT2D eigenvalue weighted by Crippen LogP contribution is 2.45. The van der Waals surface area contributed by atoms with Gasteiger partial charge in [-0.05, 0) is 37.1 Å². The highest BCUT2D eigenvalue weighted by molar-refractivity contribution is 8.13. The predicted octanol–water partition coefficient (Wildman–Crippen LogP) is 4.00. The average molecular weight is 310 g/mol. The highest BCUT2D eigenvalue weighted by Gasteiger charge is 2.40. The lowest BCUT2D eigenvalue weighted by atomic mass is 9.73. The van der Waals surface area contributed by atoms with Crippen LogP contribution in [0.15, 0.2) is 40.5 Å². The van der Waals surface area contributed by atoms with Gasteiger partial charge in [0.1, 0.15) is 5.92 Å². The molecule has 1 heterocycles. The van der Waals surface area contributed by atoms with Crippen molar-refractivity contribution < 1.29 is 4.79 Å². The van der Waals surface area contributed by atoms with Gasteiger partial charge in [-0.3, -0.25) is 4.79 Å². The summed E-state index contributed by atoms with van der Waals surface area (Å²) in [6, 6.07) is 10.5. The van der Waals surface area contributed by atoms with Crippen LogP contribution in [0, 0.1) is 24.2 Å². The Balaban J connectivity index is 2.22. The Bertz CT molecular complexity index is 727. The molecule has 0 aromatic heterocycles. The Morgan fingerprint density at radius 3 is 2.77 bits per heavy atom. The number of aliphatic imine (C=N–C) groups is 1. The minimum atomic E-state index is -0.364. The fourth-order valence-corrected chi connectivity index (χ4v) is 4.04. The van der Waals surface area contributed by atoms with E-state index in [1.165, 1.54) is 11.8 Å². The number of rotatable bonds is 1. The Morgan fingerprint density at radius 2 is 2.09 bits per heavy atom. The van der Waals surface area contributed by atoms with Crippen molar-refractivity contribution in [1.29, 1.82) is 5.26 Å². The van der Waals surface area contributed by atoms with Gasteiger partial charge in [-0.1, -0.05) is 24.3 Å². The molecule has 22 heavy (non-hydrogen) atoms. The number of thioether (sulfide) groups is 1. The molecule has 1 aromatic rings. The van der Waals surface area contributed by atoms with Crippen molar-refractivity contribution in [2.45, 2.75) is 32.1 Å². The first-order valence-electron chi connectivity index (χ1n) is 7.51. The van der Waals surface area contributed by atoms with Gasteiger partial charge >= 0.3 is 0 Å². The van der Waals surface area contributed by atoms with E-state index in [-0.39, 0.29) is 17.6 Å². The molecule has 4 heteroatoms. The number of benzene rings is 1. The Kier molecular flexibility index (Phi) is 4.17. The second-order valence-electron chi connectivity index (χ2n) is 5.73. The van der Waals surface area contributed by atoms with Crippen LogP contribution in [0.1, 0.15) is 36.3 Å². The molecule has 0 N–H and O–H groups in total. The van der Waals surface area contributed by atoms with Crippen LogP contribution >= 0.6 is 11.8 Å². The van der Waals surface area contributed by atoms with E-state index in [2.05, 4.69) is 11.1 Å². The van der Waals surface area contributed by atoms with E-state index in [9.17, 15) is 10.1 Å². The van der Waals surface area contributed by atoms with Crippen molar-refractivity contribution in [3.05, 3.63) is 46.7 Å². The summed E-state index contributed by atoms with van der Waals surface area (Å²) in [5.74, 6) is -0.371. The van der Waals surface area contributed by atoms with Gasteiger partial charge in [0.25, 0.3) is 0 Å². The zero-order chi connectivity index (χ0) is 15.7. The third-order valence-corrected chi connectivity index (χ3v) is 5.22. The van der Waals surface area contributed by atoms with Crippen LogP contribution < -0.4 is 0 Å². The molecule has 1 aromatic carbocycles. The quantitative estimate of drug-likeness (QED) is 0.787. The van der Waals surface area contributed by atoms with Gasteiger partial charge in [0.2, 0.25) is 0 Å². The molecule has 3 rings (SSSR count). The van der Waals surface area contributed by atoms with Crippen LogP contribution in [0.5, 0.6) is 0 Å². The topological polar surface area (TPSA) is 53.2 Å². The van der Waals surface area contributed by atoms with E-state index >= 15 is 0 Å². The third kappa shape index (κ3) is 2.40. The molecule has 0 radical (unpaired) electrons. The molecule has 0 saturated heterocycles. The highest BCUT2D eigenvalue weighted by atomic mass is 32.2. The van der Waals surface area contributed by atoms with Gasteiger partial charge in [-0.25, -0.2) is 4.99 Å². The number of nitriles is 1. The number of carbonyl (C=O) groups excluding carboxylic acids is 1. The van der Waals surface area contributed by atoms with Crippen LogP contribution in [0.2, 0.25) is 0 Å². The number of aryl methyl sites for hydroxylation is 1. The third-order valence-electron chi connectivity index (χ3n) is 4.46. The van der Waals surface area contributed by atoms with Crippen molar-refractivity contribution in [3.8, 4) is 6.07 Å². The Morgan fingerprint density at radius 1 is 1.32 bits per heavy atom. The smallest absolute Gasteiger partial charge is 0.161 e. The predicted molar refractivity (Wildman–Crippen MR) is 89.9 cm³/mol. The van der Waals surface area contributed by atoms with Gasteiger partial charge in [-0.15, -0.1) is 11.8 Å². The first kappa shape index (κ1) is 15.1. The molecule has 0 amide bonds. The standard InChI is InChI=1S/C18H18N2OS/c1-11-6-3-4-7-12(11)16-13(10-19)18(22-2)20-14-8-5-9-15(21)17(14)16/h3-4,6-7,13,16H,5,8-9H2,1-2H3/t13?,16-/m0/s1. The maximum absolute atomic E-state index is 12.5. The first-order chi connectivity index (χ1) is 10.7. The van der Waals surface area contributed by atoms with Crippen LogP contribution in [-0.2, 0) is 4.79 Å². The van der Waals surface area contributed by atoms with Crippen LogP contribution in [-0.4, -0.2) is 17.1 Å². The van der Waals surface area contributed by atoms with Gasteiger partial charge in [-0.2, -0.15) is 5.26 Å². The van der Waals surface area contributed by atoms with E-state index in [4.69, 9.17) is 0 Å². The largest absolute Gasteiger partial charge is 0.294 e. The first-order valence-corrected chi connectivity index (χ1v) is 8.73. The van der Waals surface area contributed by atoms with Crippen molar-refractivity contribution in [2.24, 2.45) is 10.9 Å². The minimum absolute atomic E-state index is 0.165. The summed E-state index contributed by atoms with van der Waals surface area (Å²) in [5.41, 5.74) is 3.89. The second kappa shape index (κ2) is 6.10. The lowest BCUT2D eigenvalue weighted by Gasteiger charge is -2.33. The summed E-state index contributed by atoms with van der Waals surface area (Å²) >= 11 is 1.52. The second-order valence-corrected chi connectivity index (χ2v) is 6.56. The van der Waals surface area contributed by atoms with E-state index in [1.807, 2.05) is 37.4 Å². The fraction of sp³-hybridized carbons (Fsp3) is 0.389. The van der Waals surface area contributed by atoms with Gasteiger partial charge in [0.05, 0.1) is 11.1 Å². The van der Waals surface area contributed by atoms with Crippen molar-refractivity contribution in [3.63, 3.8) is 0 Å². The molecule has 1 aliphatic heterocycles. The van der Waals surface area contributed by atoms with Gasteiger partial charge in [0, 0.05) is 23.6 Å². The molecular formula is C18H18N2OS. The zero-order valence-electron chi connectivity index (χ0n) is 12.8. The van der Waals surface area contributed by atoms with E-state index in [0.29, 0.717) is 6.42 Å². The Labute approximate surface area is 135 Å². The normalized spacial score (nSPS) is 24.6. The van der Waals surface area contributed by atoms with Crippen LogP contribution in [0.3, 0.4) is 0 Å². The molecule has 1 aliphatic carbocycles. The summed E-state index contributed by atoms with van der Waals surface area (Å²) < 4.78 is 0. The molecular weight excluding hydrogens is 292 g/mol. The van der Waals surface area contributed by atoms with E-state index < -0.39 is 0 Å². The van der Waals surface area contributed by atoms with E-state index in [0.717, 1.165) is 40.3 Å². The number of hydrogen-bond donors (Lipinski definition) is 0. The molecule has 3 nitrogen and oxygen atoms in total. The number of nitrogens with zero attached hydrogens (tertiary/aromatic N) is 2.